The van der Waals surface area contributed by atoms with E-state index in [1.54, 1.807) is 30.5 Å². The number of rotatable bonds is 6. The van der Waals surface area contributed by atoms with Gasteiger partial charge in [-0.2, -0.15) is 15.1 Å². The maximum Gasteiger partial charge on any atom is 0.323 e. The molecule has 0 fully saturated rings. The minimum atomic E-state index is -4.08. The third kappa shape index (κ3) is 5.19. The molecule has 0 bridgehead atoms. The van der Waals surface area contributed by atoms with Crippen molar-refractivity contribution in [2.75, 3.05) is 32.5 Å². The fraction of sp³-hybridized carbons (Fsp3) is 0.111. The summed E-state index contributed by atoms with van der Waals surface area (Å²) in [4.78, 5) is 20.9. The predicted octanol–water partition coefficient (Wildman–Crippen LogP) is 3.95. The number of para-hydroxylation sites is 2. The van der Waals surface area contributed by atoms with Gasteiger partial charge in [-0.05, 0) is 48.4 Å². The van der Waals surface area contributed by atoms with Crippen LogP contribution in [0, 0.1) is 5.82 Å². The Hall–Kier alpha value is -5.24. The molecule has 3 heterocycles. The average molecular weight is 574 g/mol. The van der Waals surface area contributed by atoms with Crippen LogP contribution in [0.4, 0.5) is 38.0 Å². The van der Waals surface area contributed by atoms with Gasteiger partial charge in [-0.3, -0.25) is 9.40 Å². The van der Waals surface area contributed by atoms with Gasteiger partial charge in [0.1, 0.15) is 11.6 Å². The van der Waals surface area contributed by atoms with Gasteiger partial charge in [-0.15, -0.1) is 0 Å². The van der Waals surface area contributed by atoms with Crippen LogP contribution in [0.15, 0.2) is 83.9 Å². The second-order valence-corrected chi connectivity index (χ2v) is 11.2. The van der Waals surface area contributed by atoms with E-state index in [-0.39, 0.29) is 34.8 Å². The highest BCUT2D eigenvalue weighted by Gasteiger charge is 2.34. The highest BCUT2D eigenvalue weighted by atomic mass is 32.2. The summed E-state index contributed by atoms with van der Waals surface area (Å²) in [6, 6.07) is 17.8. The minimum absolute atomic E-state index is 0.00428. The van der Waals surface area contributed by atoms with Gasteiger partial charge >= 0.3 is 6.03 Å². The summed E-state index contributed by atoms with van der Waals surface area (Å²) in [5.41, 5.74) is 7.92. The largest absolute Gasteiger partial charge is 0.368 e. The lowest BCUT2D eigenvalue weighted by atomic mass is 9.99. The average Bonchev–Trinajstić information content (AvgIpc) is 3.43. The Kier molecular flexibility index (Phi) is 6.59. The van der Waals surface area contributed by atoms with Crippen molar-refractivity contribution in [2.45, 2.75) is 17.4 Å². The van der Waals surface area contributed by atoms with Crippen molar-refractivity contribution in [3.8, 4) is 0 Å². The number of nitrogens with zero attached hydrogens (tertiary/aromatic N) is 4. The summed E-state index contributed by atoms with van der Waals surface area (Å²) in [5.74, 6) is -0.104. The molecule has 2 aromatic heterocycles. The standard InChI is InChI=1S/C27H24FN9O3S/c28-21-9-2-3-10-22(21)33-27(38)32-17-7-5-8-19(13-17)41(39,40)37-15-18(12-16-6-1-4-11-23(16)37)31-24-20-14-30-36-25(20)35-26(29)34-24/h1-11,13-14,18H,12,15H2,(H2,32,33,38)(H4,29,30,31,34,35,36). The summed E-state index contributed by atoms with van der Waals surface area (Å²) in [6.07, 6.45) is 2.10. The third-order valence-electron chi connectivity index (χ3n) is 6.58. The molecule has 14 heteroatoms. The van der Waals surface area contributed by atoms with Gasteiger partial charge < -0.3 is 21.7 Å². The van der Waals surface area contributed by atoms with Crippen molar-refractivity contribution in [1.82, 2.24) is 20.2 Å². The van der Waals surface area contributed by atoms with Crippen LogP contribution in [-0.2, 0) is 16.4 Å². The minimum Gasteiger partial charge on any atom is -0.368 e. The number of anilines is 5. The molecule has 6 N–H and O–H groups in total. The highest BCUT2D eigenvalue weighted by Crippen LogP contribution is 2.34. The molecule has 208 valence electrons. The van der Waals surface area contributed by atoms with Gasteiger partial charge in [0.15, 0.2) is 5.65 Å². The molecule has 0 saturated heterocycles. The molecular weight excluding hydrogens is 549 g/mol. The molecule has 3 aromatic carbocycles. The molecule has 5 aromatic rings. The van der Waals surface area contributed by atoms with Gasteiger partial charge in [0.05, 0.1) is 40.4 Å². The SMILES string of the molecule is Nc1nc(NC2Cc3ccccc3N(S(=O)(=O)c3cccc(NC(=O)Nc4ccccc4F)c3)C2)c2cn[nH]c2n1. The van der Waals surface area contributed by atoms with Crippen LogP contribution in [0.5, 0.6) is 0 Å². The molecule has 1 atom stereocenters. The van der Waals surface area contributed by atoms with E-state index in [9.17, 15) is 17.6 Å². The number of carbonyl (C=O) groups excluding carboxylic acids is 1. The Bertz CT molecular complexity index is 1880. The smallest absolute Gasteiger partial charge is 0.323 e. The van der Waals surface area contributed by atoms with Gasteiger partial charge in [-0.1, -0.05) is 36.4 Å². The zero-order valence-corrected chi connectivity index (χ0v) is 22.2. The van der Waals surface area contributed by atoms with Crippen molar-refractivity contribution in [3.05, 3.63) is 90.4 Å². The fourth-order valence-electron chi connectivity index (χ4n) is 4.74. The number of aromatic amines is 1. The number of H-pyrrole nitrogens is 1. The second-order valence-electron chi connectivity index (χ2n) is 9.36. The van der Waals surface area contributed by atoms with E-state index in [1.807, 2.05) is 12.1 Å². The maximum absolute atomic E-state index is 14.0. The number of nitrogens with two attached hydrogens (primary N) is 1. The zero-order chi connectivity index (χ0) is 28.6. The van der Waals surface area contributed by atoms with Crippen LogP contribution in [0.3, 0.4) is 0 Å². The van der Waals surface area contributed by atoms with Crippen molar-refractivity contribution in [3.63, 3.8) is 0 Å². The maximum atomic E-state index is 14.0. The topological polar surface area (TPSA) is 171 Å². The number of halogens is 1. The molecule has 1 unspecified atom stereocenters. The molecule has 41 heavy (non-hydrogen) atoms. The number of urea groups is 1. The predicted molar refractivity (Wildman–Crippen MR) is 154 cm³/mol. The van der Waals surface area contributed by atoms with Crippen molar-refractivity contribution >= 4 is 55.9 Å². The fourth-order valence-corrected chi connectivity index (χ4v) is 6.34. The lowest BCUT2D eigenvalue weighted by Gasteiger charge is -2.36. The molecule has 2 amide bonds. The Morgan fingerprint density at radius 3 is 2.68 bits per heavy atom. The quantitative estimate of drug-likeness (QED) is 0.203. The van der Waals surface area contributed by atoms with Crippen LogP contribution in [-0.4, -0.2) is 47.2 Å². The van der Waals surface area contributed by atoms with Crippen molar-refractivity contribution in [2.24, 2.45) is 0 Å². The van der Waals surface area contributed by atoms with E-state index in [2.05, 4.69) is 36.1 Å². The van der Waals surface area contributed by atoms with E-state index < -0.39 is 21.9 Å². The van der Waals surface area contributed by atoms with E-state index in [4.69, 9.17) is 5.73 Å². The van der Waals surface area contributed by atoms with Gasteiger partial charge in [0, 0.05) is 5.69 Å². The van der Waals surface area contributed by atoms with Gasteiger partial charge in [-0.25, -0.2) is 17.6 Å². The van der Waals surface area contributed by atoms with Gasteiger partial charge in [0.2, 0.25) is 5.95 Å². The Morgan fingerprint density at radius 2 is 1.83 bits per heavy atom. The molecular formula is C27H24FN9O3S. The summed E-state index contributed by atoms with van der Waals surface area (Å²) in [7, 11) is -4.08. The van der Waals surface area contributed by atoms with Gasteiger partial charge in [0.25, 0.3) is 10.0 Å². The number of carbonyl (C=O) groups is 1. The van der Waals surface area contributed by atoms with Crippen LogP contribution < -0.4 is 26.0 Å². The number of benzene rings is 3. The highest BCUT2D eigenvalue weighted by molar-refractivity contribution is 7.92. The van der Waals surface area contributed by atoms with Crippen LogP contribution in [0.2, 0.25) is 0 Å². The normalized spacial score (nSPS) is 14.9. The molecule has 1 aliphatic heterocycles. The van der Waals surface area contributed by atoms with Crippen molar-refractivity contribution < 1.29 is 17.6 Å². The Labute approximate surface area is 233 Å². The number of hydrogen-bond donors (Lipinski definition) is 5. The monoisotopic (exact) mass is 573 g/mol. The lowest BCUT2D eigenvalue weighted by molar-refractivity contribution is 0.262. The van der Waals surface area contributed by atoms with E-state index in [1.165, 1.54) is 40.7 Å². The molecule has 0 radical (unpaired) electrons. The Balaban J connectivity index is 1.27. The lowest BCUT2D eigenvalue weighted by Crippen LogP contribution is -2.45. The number of fused-ring (bicyclic) bond motifs is 2. The first-order valence-electron chi connectivity index (χ1n) is 12.5. The number of amides is 2. The summed E-state index contributed by atoms with van der Waals surface area (Å²) >= 11 is 0. The zero-order valence-electron chi connectivity index (χ0n) is 21.4. The molecule has 0 spiro atoms. The van der Waals surface area contributed by atoms with Crippen LogP contribution >= 0.6 is 0 Å². The number of hydrogen-bond acceptors (Lipinski definition) is 8. The summed E-state index contributed by atoms with van der Waals surface area (Å²) in [5, 5.41) is 15.7. The van der Waals surface area contributed by atoms with Crippen molar-refractivity contribution in [1.29, 1.82) is 0 Å². The molecule has 12 nitrogen and oxygen atoms in total. The molecule has 1 aliphatic rings. The summed E-state index contributed by atoms with van der Waals surface area (Å²) in [6.45, 7) is 0.0913. The number of nitrogens with one attached hydrogen (secondary N) is 4. The van der Waals surface area contributed by atoms with E-state index >= 15 is 0 Å². The number of sulfonamides is 1. The Morgan fingerprint density at radius 1 is 1.02 bits per heavy atom. The molecule has 0 saturated carbocycles. The van der Waals surface area contributed by atoms with E-state index in [0.717, 1.165) is 5.56 Å². The first-order valence-corrected chi connectivity index (χ1v) is 14.0. The van der Waals surface area contributed by atoms with E-state index in [0.29, 0.717) is 29.0 Å². The third-order valence-corrected chi connectivity index (χ3v) is 8.36. The number of aromatic nitrogens is 4. The molecule has 0 aliphatic carbocycles. The summed E-state index contributed by atoms with van der Waals surface area (Å²) < 4.78 is 43.3. The first-order chi connectivity index (χ1) is 19.8. The number of nitrogen functional groups attached to an aromatic ring is 1. The molecule has 6 rings (SSSR count). The second kappa shape index (κ2) is 10.4. The van der Waals surface area contributed by atoms with Crippen LogP contribution in [0.25, 0.3) is 11.0 Å². The first kappa shape index (κ1) is 26.0. The van der Waals surface area contributed by atoms with Crippen LogP contribution in [0.1, 0.15) is 5.56 Å².